The summed E-state index contributed by atoms with van der Waals surface area (Å²) in [6, 6.07) is 10.7. The van der Waals surface area contributed by atoms with Crippen molar-refractivity contribution in [2.45, 2.75) is 6.92 Å². The summed E-state index contributed by atoms with van der Waals surface area (Å²) in [7, 11) is 3.07. The van der Waals surface area contributed by atoms with Crippen LogP contribution in [0.3, 0.4) is 0 Å². The topological polar surface area (TPSA) is 83.8 Å². The maximum atomic E-state index is 11.6. The lowest BCUT2D eigenvalue weighted by Crippen LogP contribution is -2.25. The van der Waals surface area contributed by atoms with Crippen molar-refractivity contribution in [3.8, 4) is 22.8 Å². The van der Waals surface area contributed by atoms with Gasteiger partial charge in [0.2, 0.25) is 5.69 Å². The molecule has 3 aromatic rings. The van der Waals surface area contributed by atoms with Crippen molar-refractivity contribution in [1.29, 1.82) is 0 Å². The molecule has 8 heteroatoms. The van der Waals surface area contributed by atoms with E-state index in [1.807, 2.05) is 12.1 Å². The second-order valence-electron chi connectivity index (χ2n) is 5.40. The van der Waals surface area contributed by atoms with E-state index in [9.17, 15) is 5.21 Å². The molecule has 2 aromatic carbocycles. The molecule has 0 unspecified atom stereocenters. The zero-order chi connectivity index (χ0) is 18.7. The first-order valence-corrected chi connectivity index (χ1v) is 8.03. The minimum Gasteiger partial charge on any atom is -0.493 e. The highest BCUT2D eigenvalue weighted by atomic mass is 35.5. The molecule has 26 heavy (non-hydrogen) atoms. The molecule has 0 aliphatic heterocycles. The van der Waals surface area contributed by atoms with Crippen LogP contribution >= 0.6 is 11.6 Å². The van der Waals surface area contributed by atoms with E-state index in [2.05, 4.69) is 14.8 Å². The summed E-state index contributed by atoms with van der Waals surface area (Å²) in [6.07, 6.45) is 1.68. The van der Waals surface area contributed by atoms with Crippen molar-refractivity contribution in [3.63, 3.8) is 0 Å². The molecule has 0 bridgehead atoms. The van der Waals surface area contributed by atoms with Crippen LogP contribution in [0, 0.1) is 12.1 Å². The van der Waals surface area contributed by atoms with E-state index in [0.717, 1.165) is 5.56 Å². The van der Waals surface area contributed by atoms with Crippen LogP contribution in [0.2, 0.25) is 5.02 Å². The van der Waals surface area contributed by atoms with Gasteiger partial charge in [-0.2, -0.15) is 0 Å². The third-order valence-electron chi connectivity index (χ3n) is 3.80. The summed E-state index contributed by atoms with van der Waals surface area (Å²) in [4.78, 5) is 4.87. The van der Waals surface area contributed by atoms with Gasteiger partial charge in [-0.05, 0) is 28.7 Å². The SMILES string of the molecule is COc1cc(N=Cc2ccc(Cl)cc2)c(-c2no[n+]([O-])c2C)cc1OC. The molecule has 7 nitrogen and oxygen atoms in total. The highest BCUT2D eigenvalue weighted by molar-refractivity contribution is 6.30. The molecule has 3 rings (SSSR count). The maximum Gasteiger partial charge on any atom is 0.253 e. The number of benzene rings is 2. The smallest absolute Gasteiger partial charge is 0.253 e. The zero-order valence-electron chi connectivity index (χ0n) is 14.4. The number of nitrogens with zero attached hydrogens (tertiary/aromatic N) is 3. The molecule has 134 valence electrons. The molecule has 0 saturated carbocycles. The highest BCUT2D eigenvalue weighted by Gasteiger charge is 2.22. The van der Waals surface area contributed by atoms with Gasteiger partial charge >= 0.3 is 0 Å². The number of ether oxygens (including phenoxy) is 2. The molecule has 0 N–H and O–H groups in total. The van der Waals surface area contributed by atoms with Gasteiger partial charge in [0, 0.05) is 29.4 Å². The summed E-state index contributed by atoms with van der Waals surface area (Å²) in [5.74, 6) is 1.00. The largest absolute Gasteiger partial charge is 0.493 e. The minimum absolute atomic E-state index is 0.320. The first-order valence-electron chi connectivity index (χ1n) is 7.66. The van der Waals surface area contributed by atoms with Crippen molar-refractivity contribution >= 4 is 23.5 Å². The summed E-state index contributed by atoms with van der Waals surface area (Å²) < 4.78 is 15.4. The van der Waals surface area contributed by atoms with Gasteiger partial charge in [0.25, 0.3) is 5.69 Å². The monoisotopic (exact) mass is 373 g/mol. The van der Waals surface area contributed by atoms with Crippen molar-refractivity contribution in [2.24, 2.45) is 4.99 Å². The Hall–Kier alpha value is -3.06. The summed E-state index contributed by atoms with van der Waals surface area (Å²) in [5, 5.41) is 16.1. The van der Waals surface area contributed by atoms with Gasteiger partial charge in [0.05, 0.1) is 25.5 Å². The number of halogens is 1. The van der Waals surface area contributed by atoms with Gasteiger partial charge < -0.3 is 14.7 Å². The third-order valence-corrected chi connectivity index (χ3v) is 4.05. The molecule has 0 spiro atoms. The Bertz CT molecular complexity index is 952. The van der Waals surface area contributed by atoms with Crippen molar-refractivity contribution in [2.75, 3.05) is 14.2 Å². The fraction of sp³-hybridized carbons (Fsp3) is 0.167. The number of hydrogen-bond acceptors (Lipinski definition) is 6. The van der Waals surface area contributed by atoms with Crippen molar-refractivity contribution < 1.29 is 19.0 Å². The van der Waals surface area contributed by atoms with Gasteiger partial charge in [-0.3, -0.25) is 9.62 Å². The maximum absolute atomic E-state index is 11.6. The third kappa shape index (κ3) is 3.48. The van der Waals surface area contributed by atoms with Gasteiger partial charge in [-0.1, -0.05) is 23.7 Å². The van der Waals surface area contributed by atoms with E-state index >= 15 is 0 Å². The standard InChI is InChI=1S/C18H16ClN3O4/c1-11-18(21-26-22(11)23)14-8-16(24-2)17(25-3)9-15(14)20-10-12-4-6-13(19)7-5-12/h4-10H,1-3H3. The van der Waals surface area contributed by atoms with Gasteiger partial charge in [-0.15, -0.1) is 0 Å². The van der Waals surface area contributed by atoms with E-state index in [-0.39, 0.29) is 0 Å². The molecule has 0 aliphatic carbocycles. The van der Waals surface area contributed by atoms with Crippen LogP contribution in [0.5, 0.6) is 11.5 Å². The Morgan fingerprint density at radius 3 is 2.38 bits per heavy atom. The molecular formula is C18H16ClN3O4. The van der Waals surface area contributed by atoms with E-state index in [0.29, 0.717) is 44.1 Å². The molecule has 1 aromatic heterocycles. The second kappa shape index (κ2) is 7.45. The summed E-state index contributed by atoms with van der Waals surface area (Å²) >= 11 is 5.90. The average molecular weight is 374 g/mol. The van der Waals surface area contributed by atoms with E-state index in [1.165, 1.54) is 14.2 Å². The highest BCUT2D eigenvalue weighted by Crippen LogP contribution is 2.40. The van der Waals surface area contributed by atoms with Crippen LogP contribution in [0.1, 0.15) is 11.3 Å². The number of methoxy groups -OCH3 is 2. The first kappa shape index (κ1) is 17.8. The average Bonchev–Trinajstić information content (AvgIpc) is 2.99. The van der Waals surface area contributed by atoms with Crippen LogP contribution in [0.4, 0.5) is 5.69 Å². The normalized spacial score (nSPS) is 11.1. The van der Waals surface area contributed by atoms with Crippen molar-refractivity contribution in [3.05, 3.63) is 57.9 Å². The van der Waals surface area contributed by atoms with Crippen LogP contribution in [-0.4, -0.2) is 25.6 Å². The van der Waals surface area contributed by atoms with Crippen LogP contribution in [0.15, 0.2) is 46.0 Å². The fourth-order valence-corrected chi connectivity index (χ4v) is 2.52. The summed E-state index contributed by atoms with van der Waals surface area (Å²) in [5.41, 5.74) is 2.70. The second-order valence-corrected chi connectivity index (χ2v) is 5.83. The van der Waals surface area contributed by atoms with E-state index in [1.54, 1.807) is 37.4 Å². The molecule has 0 fully saturated rings. The van der Waals surface area contributed by atoms with Crippen LogP contribution in [-0.2, 0) is 0 Å². The Morgan fingerprint density at radius 2 is 1.81 bits per heavy atom. The van der Waals surface area contributed by atoms with E-state index < -0.39 is 0 Å². The molecule has 0 aliphatic rings. The molecule has 0 saturated heterocycles. The van der Waals surface area contributed by atoms with Crippen LogP contribution < -0.4 is 14.4 Å². The Morgan fingerprint density at radius 1 is 1.15 bits per heavy atom. The molecule has 0 amide bonds. The van der Waals surface area contributed by atoms with E-state index in [4.69, 9.17) is 21.1 Å². The number of rotatable bonds is 5. The molecule has 1 heterocycles. The van der Waals surface area contributed by atoms with Crippen molar-refractivity contribution in [1.82, 2.24) is 5.16 Å². The van der Waals surface area contributed by atoms with Gasteiger partial charge in [-0.25, -0.2) is 0 Å². The lowest BCUT2D eigenvalue weighted by atomic mass is 10.1. The zero-order valence-corrected chi connectivity index (χ0v) is 15.1. The molecule has 0 atom stereocenters. The number of aromatic nitrogens is 2. The van der Waals surface area contributed by atoms with Gasteiger partial charge in [0.15, 0.2) is 11.5 Å². The Balaban J connectivity index is 2.12. The Kier molecular flexibility index (Phi) is 5.09. The lowest BCUT2D eigenvalue weighted by molar-refractivity contribution is -0.806. The molecule has 0 radical (unpaired) electrons. The quantitative estimate of drug-likeness (QED) is 0.503. The molecular weight excluding hydrogens is 358 g/mol. The Labute approximate surface area is 155 Å². The van der Waals surface area contributed by atoms with Crippen LogP contribution in [0.25, 0.3) is 11.3 Å². The first-order chi connectivity index (χ1) is 12.5. The number of aliphatic imine (C=N–C) groups is 1. The predicted octanol–water partition coefficient (Wildman–Crippen LogP) is 3.70. The lowest BCUT2D eigenvalue weighted by Gasteiger charge is -2.10. The predicted molar refractivity (Wildman–Crippen MR) is 97.4 cm³/mol. The number of hydrogen-bond donors (Lipinski definition) is 0. The summed E-state index contributed by atoms with van der Waals surface area (Å²) in [6.45, 7) is 1.61. The minimum atomic E-state index is 0.320. The fourth-order valence-electron chi connectivity index (χ4n) is 2.39. The van der Waals surface area contributed by atoms with Gasteiger partial charge in [0.1, 0.15) is 0 Å².